The van der Waals surface area contributed by atoms with Gasteiger partial charge in [-0.1, -0.05) is 0 Å². The Labute approximate surface area is 66.9 Å². The van der Waals surface area contributed by atoms with Crippen molar-refractivity contribution in [3.63, 3.8) is 0 Å². The van der Waals surface area contributed by atoms with Gasteiger partial charge in [-0.15, -0.1) is 0 Å². The summed E-state index contributed by atoms with van der Waals surface area (Å²) >= 11 is 0. The topological polar surface area (TPSA) is 32.7 Å². The van der Waals surface area contributed by atoms with E-state index in [0.29, 0.717) is 6.04 Å². The van der Waals surface area contributed by atoms with E-state index in [-0.39, 0.29) is 6.10 Å². The molecule has 2 rings (SSSR count). The van der Waals surface area contributed by atoms with E-state index in [9.17, 15) is 5.11 Å². The van der Waals surface area contributed by atoms with Crippen molar-refractivity contribution in [2.75, 3.05) is 26.3 Å². The quantitative estimate of drug-likeness (QED) is 0.574. The van der Waals surface area contributed by atoms with Gasteiger partial charge in [-0.25, -0.2) is 0 Å². The van der Waals surface area contributed by atoms with Crippen molar-refractivity contribution in [3.05, 3.63) is 0 Å². The van der Waals surface area contributed by atoms with Gasteiger partial charge in [0.25, 0.3) is 0 Å². The highest BCUT2D eigenvalue weighted by Gasteiger charge is 2.34. The van der Waals surface area contributed by atoms with Gasteiger partial charge >= 0.3 is 0 Å². The molecule has 64 valence electrons. The monoisotopic (exact) mass is 157 g/mol. The molecule has 0 radical (unpaired) electrons. The second-order valence-electron chi connectivity index (χ2n) is 3.36. The summed E-state index contributed by atoms with van der Waals surface area (Å²) in [6, 6.07) is 0.443. The minimum absolute atomic E-state index is 0.0619. The molecule has 1 saturated heterocycles. The van der Waals surface area contributed by atoms with Gasteiger partial charge in [-0.05, 0) is 12.8 Å². The number of hydrogen-bond acceptors (Lipinski definition) is 3. The molecule has 0 bridgehead atoms. The second-order valence-corrected chi connectivity index (χ2v) is 3.36. The van der Waals surface area contributed by atoms with Crippen LogP contribution in [-0.2, 0) is 4.74 Å². The van der Waals surface area contributed by atoms with Gasteiger partial charge in [-0.2, -0.15) is 0 Å². The van der Waals surface area contributed by atoms with Crippen molar-refractivity contribution in [1.82, 2.24) is 4.90 Å². The van der Waals surface area contributed by atoms with Crippen LogP contribution in [0.25, 0.3) is 0 Å². The summed E-state index contributed by atoms with van der Waals surface area (Å²) in [6.45, 7) is 3.68. The Bertz CT molecular complexity index is 134. The van der Waals surface area contributed by atoms with Crippen molar-refractivity contribution in [3.8, 4) is 0 Å². The Hall–Kier alpha value is -0.120. The van der Waals surface area contributed by atoms with Gasteiger partial charge in [0.1, 0.15) is 0 Å². The second kappa shape index (κ2) is 3.09. The number of aliphatic hydroxyl groups is 1. The maximum absolute atomic E-state index is 9.38. The van der Waals surface area contributed by atoms with E-state index in [1.54, 1.807) is 0 Å². The van der Waals surface area contributed by atoms with Crippen LogP contribution in [0, 0.1) is 0 Å². The number of hydrogen-bond donors (Lipinski definition) is 1. The lowest BCUT2D eigenvalue weighted by atomic mass is 9.87. The third kappa shape index (κ3) is 1.41. The summed E-state index contributed by atoms with van der Waals surface area (Å²) in [5.74, 6) is 0. The Balaban J connectivity index is 1.83. The van der Waals surface area contributed by atoms with Crippen molar-refractivity contribution < 1.29 is 9.84 Å². The van der Waals surface area contributed by atoms with E-state index < -0.39 is 0 Å². The first-order valence-electron chi connectivity index (χ1n) is 4.38. The van der Waals surface area contributed by atoms with E-state index in [0.717, 1.165) is 32.7 Å². The highest BCUT2D eigenvalue weighted by molar-refractivity contribution is 4.89. The fraction of sp³-hybridized carbons (Fsp3) is 1.00. The highest BCUT2D eigenvalue weighted by atomic mass is 16.5. The summed E-state index contributed by atoms with van der Waals surface area (Å²) in [6.07, 6.45) is 2.09. The fourth-order valence-electron chi connectivity index (χ4n) is 1.80. The van der Waals surface area contributed by atoms with Crippen LogP contribution in [0.3, 0.4) is 0 Å². The van der Waals surface area contributed by atoms with Gasteiger partial charge in [-0.3, -0.25) is 4.90 Å². The lowest BCUT2D eigenvalue weighted by Gasteiger charge is -2.43. The lowest BCUT2D eigenvalue weighted by Crippen LogP contribution is -2.54. The molecule has 0 aromatic rings. The molecule has 1 aliphatic carbocycles. The van der Waals surface area contributed by atoms with Crippen molar-refractivity contribution in [1.29, 1.82) is 0 Å². The molecule has 0 unspecified atom stereocenters. The third-order valence-electron chi connectivity index (χ3n) is 2.72. The minimum atomic E-state index is -0.0619. The molecular weight excluding hydrogens is 142 g/mol. The molecule has 2 aliphatic rings. The maximum atomic E-state index is 9.38. The number of rotatable bonds is 1. The zero-order chi connectivity index (χ0) is 7.68. The SMILES string of the molecule is O[C@@H]1CC[C@H]1N1CCOCC1. The van der Waals surface area contributed by atoms with E-state index >= 15 is 0 Å². The first kappa shape index (κ1) is 7.53. The molecule has 0 spiro atoms. The molecule has 11 heavy (non-hydrogen) atoms. The van der Waals surface area contributed by atoms with Gasteiger partial charge in [0.15, 0.2) is 0 Å². The molecule has 1 heterocycles. The predicted molar refractivity (Wildman–Crippen MR) is 41.4 cm³/mol. The maximum Gasteiger partial charge on any atom is 0.0696 e. The van der Waals surface area contributed by atoms with Crippen molar-refractivity contribution in [2.45, 2.75) is 25.0 Å². The number of ether oxygens (including phenoxy) is 1. The zero-order valence-electron chi connectivity index (χ0n) is 6.70. The van der Waals surface area contributed by atoms with Crippen molar-refractivity contribution in [2.24, 2.45) is 0 Å². The standard InChI is InChI=1S/C8H15NO2/c10-8-2-1-7(8)9-3-5-11-6-4-9/h7-8,10H,1-6H2/t7-,8-/m1/s1. The van der Waals surface area contributed by atoms with Gasteiger partial charge < -0.3 is 9.84 Å². The molecule has 2 atom stereocenters. The van der Waals surface area contributed by atoms with Crippen LogP contribution in [0.15, 0.2) is 0 Å². The van der Waals surface area contributed by atoms with Gasteiger partial charge in [0.2, 0.25) is 0 Å². The van der Waals surface area contributed by atoms with E-state index in [2.05, 4.69) is 4.90 Å². The fourth-order valence-corrected chi connectivity index (χ4v) is 1.80. The average Bonchev–Trinajstić information content (AvgIpc) is 2.04. The summed E-state index contributed by atoms with van der Waals surface area (Å²) in [4.78, 5) is 2.34. The summed E-state index contributed by atoms with van der Waals surface area (Å²) in [5.41, 5.74) is 0. The van der Waals surface area contributed by atoms with Gasteiger partial charge in [0, 0.05) is 19.1 Å². The molecule has 2 fully saturated rings. The molecule has 0 aromatic heterocycles. The van der Waals surface area contributed by atoms with Crippen LogP contribution in [0.1, 0.15) is 12.8 Å². The van der Waals surface area contributed by atoms with E-state index in [1.807, 2.05) is 0 Å². The van der Waals surface area contributed by atoms with Crippen LogP contribution >= 0.6 is 0 Å². The zero-order valence-corrected chi connectivity index (χ0v) is 6.70. The molecule has 1 N–H and O–H groups in total. The average molecular weight is 157 g/mol. The van der Waals surface area contributed by atoms with Crippen LogP contribution in [0.2, 0.25) is 0 Å². The highest BCUT2D eigenvalue weighted by Crippen LogP contribution is 2.25. The minimum Gasteiger partial charge on any atom is -0.391 e. The summed E-state index contributed by atoms with van der Waals surface area (Å²) in [7, 11) is 0. The first-order chi connectivity index (χ1) is 5.38. The summed E-state index contributed by atoms with van der Waals surface area (Å²) < 4.78 is 5.23. The Morgan fingerprint density at radius 1 is 1.18 bits per heavy atom. The Kier molecular flexibility index (Phi) is 2.11. The molecular formula is C8H15NO2. The third-order valence-corrected chi connectivity index (χ3v) is 2.72. The van der Waals surface area contributed by atoms with Crippen LogP contribution in [0.4, 0.5) is 0 Å². The normalized spacial score (nSPS) is 40.1. The molecule has 1 saturated carbocycles. The van der Waals surface area contributed by atoms with Crippen molar-refractivity contribution >= 4 is 0 Å². The molecule has 1 aliphatic heterocycles. The largest absolute Gasteiger partial charge is 0.391 e. The number of aliphatic hydroxyl groups excluding tert-OH is 1. The predicted octanol–water partition coefficient (Wildman–Crippen LogP) is -0.158. The molecule has 0 aromatic carbocycles. The van der Waals surface area contributed by atoms with Gasteiger partial charge in [0.05, 0.1) is 19.3 Å². The number of nitrogens with zero attached hydrogens (tertiary/aromatic N) is 1. The number of morpholine rings is 1. The van der Waals surface area contributed by atoms with Crippen LogP contribution in [-0.4, -0.2) is 48.5 Å². The lowest BCUT2D eigenvalue weighted by molar-refractivity contribution is -0.0626. The molecule has 3 nitrogen and oxygen atoms in total. The summed E-state index contributed by atoms with van der Waals surface area (Å²) in [5, 5.41) is 9.38. The van der Waals surface area contributed by atoms with Crippen LogP contribution < -0.4 is 0 Å². The smallest absolute Gasteiger partial charge is 0.0696 e. The van der Waals surface area contributed by atoms with E-state index in [4.69, 9.17) is 4.74 Å². The molecule has 3 heteroatoms. The first-order valence-corrected chi connectivity index (χ1v) is 4.38. The van der Waals surface area contributed by atoms with Crippen LogP contribution in [0.5, 0.6) is 0 Å². The van der Waals surface area contributed by atoms with E-state index in [1.165, 1.54) is 6.42 Å². The Morgan fingerprint density at radius 3 is 2.36 bits per heavy atom. The molecule has 0 amide bonds. The Morgan fingerprint density at radius 2 is 1.91 bits per heavy atom.